The number of nitrogens with zero attached hydrogens (tertiary/aromatic N) is 1. The molecule has 1 aliphatic heterocycles. The fourth-order valence-electron chi connectivity index (χ4n) is 4.90. The Kier molecular flexibility index (Phi) is 14.7. The fourth-order valence-corrected chi connectivity index (χ4v) is 6.12. The number of phenolic OH excluding ortho intramolecular Hbond substituents is 2. The first-order valence-electron chi connectivity index (χ1n) is 15.6. The first-order valence-corrected chi connectivity index (χ1v) is 18.0. The summed E-state index contributed by atoms with van der Waals surface area (Å²) < 4.78 is 28.8. The number of nitrogen functional groups attached to an aromatic ring is 1. The number of halogens is 3. The number of benzene rings is 5. The van der Waals surface area contributed by atoms with Gasteiger partial charge < -0.3 is 49.8 Å². The summed E-state index contributed by atoms with van der Waals surface area (Å²) in [5.41, 5.74) is 9.02. The Morgan fingerprint density at radius 1 is 0.731 bits per heavy atom. The second-order valence-corrected chi connectivity index (χ2v) is 13.4. The molecule has 0 spiro atoms. The highest BCUT2D eigenvalue weighted by Gasteiger charge is 2.28. The number of hydrogen-bond acceptors (Lipinski definition) is 10. The second-order valence-electron chi connectivity index (χ2n) is 10.9. The minimum Gasteiger partial charge on any atom is -0.505 e. The van der Waals surface area contributed by atoms with Crippen molar-refractivity contribution >= 4 is 70.8 Å². The molecule has 0 atom stereocenters. The van der Waals surface area contributed by atoms with E-state index < -0.39 is 0 Å². The van der Waals surface area contributed by atoms with Gasteiger partial charge in [0, 0.05) is 29.8 Å². The fraction of sp³-hybridized carbons (Fsp3) is 0.184. The molecule has 5 aromatic carbocycles. The van der Waals surface area contributed by atoms with Gasteiger partial charge in [0.15, 0.2) is 23.9 Å². The Hall–Kier alpha value is -4.79. The molecule has 14 heteroatoms. The van der Waals surface area contributed by atoms with Crippen LogP contribution in [0.1, 0.15) is 11.1 Å². The summed E-state index contributed by atoms with van der Waals surface area (Å²) in [6.45, 7) is 0.962. The molecule has 6 rings (SSSR count). The highest BCUT2D eigenvalue weighted by Crippen LogP contribution is 2.40. The number of para-hydroxylation sites is 3. The van der Waals surface area contributed by atoms with Crippen LogP contribution in [-0.4, -0.2) is 51.2 Å². The Bertz CT molecular complexity index is 1980. The minimum absolute atomic E-state index is 0.0219. The first-order chi connectivity index (χ1) is 25.0. The zero-order valence-electron chi connectivity index (χ0n) is 28.8. The smallest absolute Gasteiger partial charge is 0.265 e. The van der Waals surface area contributed by atoms with Crippen molar-refractivity contribution in [1.29, 1.82) is 0 Å². The quantitative estimate of drug-likeness (QED) is 0.0836. The van der Waals surface area contributed by atoms with Crippen LogP contribution in [0.15, 0.2) is 104 Å². The lowest BCUT2D eigenvalue weighted by Crippen LogP contribution is -2.38. The van der Waals surface area contributed by atoms with Gasteiger partial charge in [-0.1, -0.05) is 18.2 Å². The number of hydrogen-bond donors (Lipinski definition) is 4. The molecule has 274 valence electrons. The maximum atomic E-state index is 12.3. The highest BCUT2D eigenvalue weighted by atomic mass is 79.9. The topological polar surface area (TPSA) is 145 Å². The molecule has 52 heavy (non-hydrogen) atoms. The van der Waals surface area contributed by atoms with E-state index in [-0.39, 0.29) is 24.0 Å². The van der Waals surface area contributed by atoms with E-state index >= 15 is 0 Å². The second kappa shape index (κ2) is 19.2. The number of aromatic hydroxyl groups is 2. The predicted octanol–water partition coefficient (Wildman–Crippen LogP) is 8.91. The van der Waals surface area contributed by atoms with Crippen LogP contribution in [0.25, 0.3) is 0 Å². The van der Waals surface area contributed by atoms with Crippen molar-refractivity contribution in [1.82, 2.24) is 0 Å². The van der Waals surface area contributed by atoms with Gasteiger partial charge >= 0.3 is 0 Å². The van der Waals surface area contributed by atoms with Gasteiger partial charge in [0.1, 0.15) is 23.0 Å². The van der Waals surface area contributed by atoms with Crippen LogP contribution in [0.3, 0.4) is 0 Å². The van der Waals surface area contributed by atoms with Gasteiger partial charge in [-0.3, -0.25) is 4.79 Å². The third-order valence-electron chi connectivity index (χ3n) is 7.67. The molecule has 0 saturated carbocycles. The summed E-state index contributed by atoms with van der Waals surface area (Å²) in [6, 6.07) is 27.4. The maximum absolute atomic E-state index is 12.3. The Morgan fingerprint density at radius 3 is 1.88 bits per heavy atom. The third kappa shape index (κ3) is 10.2. The van der Waals surface area contributed by atoms with Crippen LogP contribution in [0.4, 0.5) is 17.1 Å². The molecule has 0 radical (unpaired) electrons. The summed E-state index contributed by atoms with van der Waals surface area (Å²) in [5.74, 6) is 3.77. The standard InChI is InChI=1S/C17H16BrNO4.C15H16BrNO3.C6H6BrNO/c1-21-12-7-6-11(15(8-12)22-2)9-19-14-5-3-4-13(18)17(14)23-10-16(19)20;1-19-11-7-6-10(14(8-11)20-2)9-17-13-5-3-4-12(16)15(13)18;7-4-2-1-3-5(8)6(4)9/h3-8H,9-10H2,1-2H3;3-8,17-18H,9H2,1-2H3;1-3,9H,8H2. The van der Waals surface area contributed by atoms with E-state index in [0.717, 1.165) is 32.8 Å². The number of rotatable bonds is 9. The van der Waals surface area contributed by atoms with Gasteiger partial charge in [-0.2, -0.15) is 0 Å². The summed E-state index contributed by atoms with van der Waals surface area (Å²) in [4.78, 5) is 14.0. The van der Waals surface area contributed by atoms with Gasteiger partial charge in [0.2, 0.25) is 0 Å². The van der Waals surface area contributed by atoms with Crippen molar-refractivity contribution < 1.29 is 38.7 Å². The molecular weight excluding hydrogens is 866 g/mol. The number of phenols is 2. The number of nitrogens with one attached hydrogen (secondary N) is 1. The molecule has 0 unspecified atom stereocenters. The van der Waals surface area contributed by atoms with E-state index in [1.807, 2.05) is 66.7 Å². The summed E-state index contributed by atoms with van der Waals surface area (Å²) in [7, 11) is 6.44. The van der Waals surface area contributed by atoms with Crippen LogP contribution in [0.2, 0.25) is 0 Å². The van der Waals surface area contributed by atoms with Crippen molar-refractivity contribution in [3.63, 3.8) is 0 Å². The maximum Gasteiger partial charge on any atom is 0.265 e. The van der Waals surface area contributed by atoms with Crippen LogP contribution in [0.5, 0.6) is 40.2 Å². The first kappa shape index (κ1) is 40.0. The number of anilines is 3. The highest BCUT2D eigenvalue weighted by molar-refractivity contribution is 9.11. The molecule has 1 amide bonds. The van der Waals surface area contributed by atoms with Gasteiger partial charge in [0.25, 0.3) is 5.91 Å². The predicted molar refractivity (Wildman–Crippen MR) is 213 cm³/mol. The molecule has 5 N–H and O–H groups in total. The molecular formula is C38H38Br3N3O8. The minimum atomic E-state index is -0.0894. The van der Waals surface area contributed by atoms with Crippen molar-refractivity contribution in [3.8, 4) is 40.2 Å². The Morgan fingerprint density at radius 2 is 1.29 bits per heavy atom. The molecule has 0 saturated heterocycles. The largest absolute Gasteiger partial charge is 0.505 e. The molecule has 0 fully saturated rings. The van der Waals surface area contributed by atoms with E-state index in [2.05, 4.69) is 53.1 Å². The number of amides is 1. The average molecular weight is 904 g/mol. The molecule has 1 heterocycles. The summed E-state index contributed by atoms with van der Waals surface area (Å²) >= 11 is 9.86. The SMILES string of the molecule is COc1ccc(CN2C(=O)COc3c(Br)cccc32)c(OC)c1.COc1ccc(CNc2cccc(Br)c2O)c(OC)c1.Nc1cccc(Br)c1O. The summed E-state index contributed by atoms with van der Waals surface area (Å²) in [6.07, 6.45) is 0. The average Bonchev–Trinajstić information content (AvgIpc) is 3.16. The van der Waals surface area contributed by atoms with Gasteiger partial charge in [-0.05, 0) is 108 Å². The lowest BCUT2D eigenvalue weighted by Gasteiger charge is -2.30. The number of fused-ring (bicyclic) bond motifs is 1. The van der Waals surface area contributed by atoms with Crippen molar-refractivity contribution in [3.05, 3.63) is 116 Å². The van der Waals surface area contributed by atoms with E-state index in [1.54, 1.807) is 57.6 Å². The normalized spacial score (nSPS) is 11.4. The molecule has 1 aliphatic rings. The number of nitrogens with two attached hydrogens (primary N) is 1. The number of ether oxygens (including phenoxy) is 5. The Balaban J connectivity index is 0.000000190. The monoisotopic (exact) mass is 901 g/mol. The van der Waals surface area contributed by atoms with Gasteiger partial charge in [0.05, 0.1) is 65.5 Å². The molecule has 0 aromatic heterocycles. The van der Waals surface area contributed by atoms with Gasteiger partial charge in [-0.15, -0.1) is 0 Å². The number of carbonyl (C=O) groups excluding carboxylic acids is 1. The number of carbonyl (C=O) groups is 1. The van der Waals surface area contributed by atoms with Crippen LogP contribution < -0.4 is 39.6 Å². The van der Waals surface area contributed by atoms with Crippen LogP contribution in [-0.2, 0) is 17.9 Å². The number of methoxy groups -OCH3 is 4. The van der Waals surface area contributed by atoms with E-state index in [4.69, 9.17) is 34.5 Å². The van der Waals surface area contributed by atoms with E-state index in [1.165, 1.54) is 0 Å². The molecule has 5 aromatic rings. The lowest BCUT2D eigenvalue weighted by molar-refractivity contribution is -0.121. The van der Waals surface area contributed by atoms with Crippen molar-refractivity contribution in [2.75, 3.05) is 51.0 Å². The van der Waals surface area contributed by atoms with Crippen molar-refractivity contribution in [2.45, 2.75) is 13.1 Å². The molecule has 11 nitrogen and oxygen atoms in total. The molecule has 0 aliphatic carbocycles. The van der Waals surface area contributed by atoms with E-state index in [9.17, 15) is 9.90 Å². The summed E-state index contributed by atoms with van der Waals surface area (Å²) in [5, 5.41) is 22.1. The molecule has 0 bridgehead atoms. The van der Waals surface area contributed by atoms with Gasteiger partial charge in [-0.25, -0.2) is 0 Å². The van der Waals surface area contributed by atoms with Crippen LogP contribution in [0, 0.1) is 0 Å². The van der Waals surface area contributed by atoms with Crippen molar-refractivity contribution in [2.24, 2.45) is 0 Å². The zero-order chi connectivity index (χ0) is 37.8. The Labute approximate surface area is 327 Å². The van der Waals surface area contributed by atoms with Crippen LogP contribution >= 0.6 is 47.8 Å². The van der Waals surface area contributed by atoms with E-state index in [0.29, 0.717) is 50.7 Å². The zero-order valence-corrected chi connectivity index (χ0v) is 33.5. The lowest BCUT2D eigenvalue weighted by atomic mass is 10.1. The third-order valence-corrected chi connectivity index (χ3v) is 9.57.